The second-order valence-electron chi connectivity index (χ2n) is 9.51. The number of carbonyl (C=O) groups is 4. The number of amides is 2. The number of benzene rings is 1. The van der Waals surface area contributed by atoms with Gasteiger partial charge in [-0.3, -0.25) is 10.1 Å². The van der Waals surface area contributed by atoms with Gasteiger partial charge in [0.25, 0.3) is 0 Å². The first-order valence-electron chi connectivity index (χ1n) is 11.4. The molecule has 2 amide bonds. The molecule has 10 heteroatoms. The minimum absolute atomic E-state index is 0.261. The maximum absolute atomic E-state index is 12.3. The van der Waals surface area contributed by atoms with Crippen LogP contribution in [-0.4, -0.2) is 51.6 Å². The number of rotatable bonds is 6. The second kappa shape index (κ2) is 10.8. The van der Waals surface area contributed by atoms with Crippen molar-refractivity contribution < 1.29 is 38.9 Å². The third-order valence-corrected chi connectivity index (χ3v) is 5.77. The Morgan fingerprint density at radius 1 is 1.03 bits per heavy atom. The first kappa shape index (κ1) is 26.9. The molecule has 10 nitrogen and oxygen atoms in total. The topological polar surface area (TPSA) is 151 Å². The third-order valence-electron chi connectivity index (χ3n) is 5.77. The summed E-state index contributed by atoms with van der Waals surface area (Å²) in [5, 5.41) is 24.2. The summed E-state index contributed by atoms with van der Waals surface area (Å²) in [5.41, 5.74) is -2.31. The van der Waals surface area contributed by atoms with E-state index in [4.69, 9.17) is 9.47 Å². The molecule has 1 aromatic carbocycles. The van der Waals surface area contributed by atoms with Crippen LogP contribution in [0.25, 0.3) is 0 Å². The lowest BCUT2D eigenvalue weighted by molar-refractivity contribution is -0.147. The molecule has 0 saturated heterocycles. The molecule has 3 rings (SSSR count). The highest BCUT2D eigenvalue weighted by Gasteiger charge is 2.77. The van der Waals surface area contributed by atoms with E-state index in [0.717, 1.165) is 0 Å². The van der Waals surface area contributed by atoms with Gasteiger partial charge < -0.3 is 25.0 Å². The first-order valence-corrected chi connectivity index (χ1v) is 11.4. The van der Waals surface area contributed by atoms with Crippen molar-refractivity contribution in [2.45, 2.75) is 71.1 Å². The number of alkyl carbamates (subject to hydrolysis) is 1. The summed E-state index contributed by atoms with van der Waals surface area (Å²) in [6, 6.07) is 8.47. The van der Waals surface area contributed by atoms with Gasteiger partial charge in [0.2, 0.25) is 0 Å². The Kier molecular flexibility index (Phi) is 8.52. The number of para-hydroxylation sites is 1. The minimum Gasteiger partial charge on any atom is -0.481 e. The van der Waals surface area contributed by atoms with E-state index in [0.29, 0.717) is 5.69 Å². The lowest BCUT2D eigenvalue weighted by Crippen LogP contribution is -2.57. The summed E-state index contributed by atoms with van der Waals surface area (Å²) in [6.07, 6.45) is -0.428. The predicted octanol–water partition coefficient (Wildman–Crippen LogP) is 4.11. The highest BCUT2D eigenvalue weighted by Crippen LogP contribution is 2.63. The highest BCUT2D eigenvalue weighted by atomic mass is 16.6. The first-order chi connectivity index (χ1) is 15.9. The summed E-state index contributed by atoms with van der Waals surface area (Å²) in [4.78, 5) is 48.3. The van der Waals surface area contributed by atoms with Crippen molar-refractivity contribution >= 4 is 29.8 Å². The molecule has 188 valence electrons. The third kappa shape index (κ3) is 6.39. The molecule has 1 aromatic rings. The summed E-state index contributed by atoms with van der Waals surface area (Å²) in [7, 11) is 0. The van der Waals surface area contributed by atoms with E-state index in [2.05, 4.69) is 24.5 Å². The molecule has 0 aromatic heterocycles. The Labute approximate surface area is 199 Å². The quantitative estimate of drug-likeness (QED) is 0.477. The molecule has 0 aliphatic heterocycles. The van der Waals surface area contributed by atoms with Crippen LogP contribution in [0, 0.1) is 17.8 Å². The van der Waals surface area contributed by atoms with Gasteiger partial charge in [-0.05, 0) is 32.9 Å². The molecule has 2 fully saturated rings. The van der Waals surface area contributed by atoms with Crippen LogP contribution in [-0.2, 0) is 19.1 Å². The number of nitrogens with one attached hydrogen (secondary N) is 2. The van der Waals surface area contributed by atoms with Crippen LogP contribution in [0.3, 0.4) is 0 Å². The van der Waals surface area contributed by atoms with Crippen LogP contribution >= 0.6 is 0 Å². The predicted molar refractivity (Wildman–Crippen MR) is 123 cm³/mol. The van der Waals surface area contributed by atoms with Gasteiger partial charge in [0.15, 0.2) is 0 Å². The van der Waals surface area contributed by atoms with Gasteiger partial charge in [-0.2, -0.15) is 0 Å². The fourth-order valence-electron chi connectivity index (χ4n) is 4.17. The SMILES string of the molecule is CC(C)(C)OC(=O)NC1(C(=O)O)CC(OC(=O)Nc2ccccc2)C2C(C(=O)O)C21.CCCC. The molecule has 0 radical (unpaired) electrons. The average Bonchev–Trinajstić information content (AvgIpc) is 3.41. The number of carboxylic acids is 2. The number of ether oxygens (including phenoxy) is 2. The minimum atomic E-state index is -1.91. The summed E-state index contributed by atoms with van der Waals surface area (Å²) < 4.78 is 10.5. The number of hydrogen-bond acceptors (Lipinski definition) is 6. The Morgan fingerprint density at radius 2 is 1.62 bits per heavy atom. The van der Waals surface area contributed by atoms with E-state index < -0.39 is 59.1 Å². The maximum atomic E-state index is 12.3. The molecule has 2 saturated carbocycles. The number of anilines is 1. The monoisotopic (exact) mass is 478 g/mol. The number of carbonyl (C=O) groups excluding carboxylic acids is 2. The smallest absolute Gasteiger partial charge is 0.411 e. The fraction of sp³-hybridized carbons (Fsp3) is 0.583. The van der Waals surface area contributed by atoms with E-state index in [-0.39, 0.29) is 6.42 Å². The summed E-state index contributed by atoms with van der Waals surface area (Å²) in [5.74, 6) is -5.32. The van der Waals surface area contributed by atoms with Crippen LogP contribution in [0.5, 0.6) is 0 Å². The van der Waals surface area contributed by atoms with Crippen molar-refractivity contribution in [2.75, 3.05) is 5.32 Å². The van der Waals surface area contributed by atoms with Gasteiger partial charge in [-0.1, -0.05) is 44.9 Å². The lowest BCUT2D eigenvalue weighted by Gasteiger charge is -2.31. The molecular formula is C24H34N2O8. The van der Waals surface area contributed by atoms with Crippen molar-refractivity contribution in [3.8, 4) is 0 Å². The van der Waals surface area contributed by atoms with Gasteiger partial charge in [0, 0.05) is 23.9 Å². The Hall–Kier alpha value is -3.30. The van der Waals surface area contributed by atoms with Crippen LogP contribution < -0.4 is 10.6 Å². The number of carboxylic acid groups (broad SMARTS) is 2. The average molecular weight is 479 g/mol. The van der Waals surface area contributed by atoms with Crippen molar-refractivity contribution in [1.82, 2.24) is 5.32 Å². The molecule has 2 aliphatic rings. The summed E-state index contributed by atoms with van der Waals surface area (Å²) >= 11 is 0. The highest BCUT2D eigenvalue weighted by molar-refractivity contribution is 5.90. The molecule has 0 spiro atoms. The molecular weight excluding hydrogens is 444 g/mol. The van der Waals surface area contributed by atoms with E-state index in [1.807, 2.05) is 0 Å². The lowest BCUT2D eigenvalue weighted by atomic mass is 9.89. The van der Waals surface area contributed by atoms with Gasteiger partial charge >= 0.3 is 24.1 Å². The van der Waals surface area contributed by atoms with Crippen molar-refractivity contribution in [3.05, 3.63) is 30.3 Å². The van der Waals surface area contributed by atoms with Gasteiger partial charge in [0.1, 0.15) is 17.2 Å². The van der Waals surface area contributed by atoms with Crippen LogP contribution in [0.4, 0.5) is 15.3 Å². The van der Waals surface area contributed by atoms with E-state index >= 15 is 0 Å². The Morgan fingerprint density at radius 3 is 2.09 bits per heavy atom. The molecule has 5 unspecified atom stereocenters. The Balaban J connectivity index is 0.000000945. The molecule has 0 heterocycles. The number of hydrogen-bond donors (Lipinski definition) is 4. The second-order valence-corrected chi connectivity index (χ2v) is 9.51. The molecule has 4 N–H and O–H groups in total. The zero-order valence-corrected chi connectivity index (χ0v) is 20.2. The van der Waals surface area contributed by atoms with Crippen molar-refractivity contribution in [1.29, 1.82) is 0 Å². The van der Waals surface area contributed by atoms with E-state index in [9.17, 15) is 29.4 Å². The number of fused-ring (bicyclic) bond motifs is 1. The largest absolute Gasteiger partial charge is 0.481 e. The normalized spacial score (nSPS) is 26.7. The van der Waals surface area contributed by atoms with Crippen molar-refractivity contribution in [3.63, 3.8) is 0 Å². The Bertz CT molecular complexity index is 896. The number of unbranched alkanes of at least 4 members (excludes halogenated alkanes) is 1. The molecule has 5 atom stereocenters. The standard InChI is InChI=1S/C20H24N2O8.C4H10/c1-19(2,3)30-18(28)22-20(16(25)26)9-11(12-13(14(12)20)15(23)24)29-17(27)21-10-7-5-4-6-8-10;1-3-4-2/h4-8,11-14H,9H2,1-3H3,(H,21,27)(H,22,28)(H,23,24)(H,25,26);3-4H2,1-2H3. The van der Waals surface area contributed by atoms with Gasteiger partial charge in [-0.25, -0.2) is 14.4 Å². The fourth-order valence-corrected chi connectivity index (χ4v) is 4.17. The maximum Gasteiger partial charge on any atom is 0.411 e. The zero-order valence-electron chi connectivity index (χ0n) is 20.2. The van der Waals surface area contributed by atoms with Gasteiger partial charge in [0.05, 0.1) is 5.92 Å². The molecule has 34 heavy (non-hydrogen) atoms. The van der Waals surface area contributed by atoms with Crippen LogP contribution in [0.1, 0.15) is 53.9 Å². The van der Waals surface area contributed by atoms with Crippen molar-refractivity contribution in [2.24, 2.45) is 17.8 Å². The van der Waals surface area contributed by atoms with E-state index in [1.165, 1.54) is 12.8 Å². The van der Waals surface area contributed by atoms with E-state index in [1.54, 1.807) is 51.1 Å². The zero-order chi connectivity index (χ0) is 25.7. The summed E-state index contributed by atoms with van der Waals surface area (Å²) in [6.45, 7) is 9.22. The molecule has 0 bridgehead atoms. The van der Waals surface area contributed by atoms with Crippen LogP contribution in [0.15, 0.2) is 30.3 Å². The van der Waals surface area contributed by atoms with Gasteiger partial charge in [-0.15, -0.1) is 0 Å². The number of aliphatic carboxylic acids is 2. The molecule has 2 aliphatic carbocycles. The van der Waals surface area contributed by atoms with Crippen LogP contribution in [0.2, 0.25) is 0 Å².